The molecule has 2 aromatic rings. The third-order valence-electron chi connectivity index (χ3n) is 3.43. The molecule has 0 amide bonds. The number of nitrogens with zero attached hydrogens (tertiary/aromatic N) is 2. The number of hydrogen-bond donors (Lipinski definition) is 2. The number of benzene rings is 1. The van der Waals surface area contributed by atoms with Crippen molar-refractivity contribution >= 4 is 5.69 Å². The van der Waals surface area contributed by atoms with Crippen LogP contribution in [0.2, 0.25) is 0 Å². The Labute approximate surface area is 111 Å². The van der Waals surface area contributed by atoms with Crippen molar-refractivity contribution in [3.8, 4) is 11.3 Å². The minimum Gasteiger partial charge on any atom is -0.367 e. The molecule has 1 aromatic carbocycles. The fourth-order valence-electron chi connectivity index (χ4n) is 2.44. The molecule has 3 rings (SSSR count). The molecule has 2 heterocycles. The zero-order valence-corrected chi connectivity index (χ0v) is 10.7. The summed E-state index contributed by atoms with van der Waals surface area (Å²) in [7, 11) is 0. The van der Waals surface area contributed by atoms with Crippen LogP contribution in [0.1, 0.15) is 6.42 Å². The number of hydrogen-bond acceptors (Lipinski definition) is 3. The molecule has 4 nitrogen and oxygen atoms in total. The highest BCUT2D eigenvalue weighted by Crippen LogP contribution is 2.28. The summed E-state index contributed by atoms with van der Waals surface area (Å²) in [6, 6.07) is 6.51. The predicted molar refractivity (Wildman–Crippen MR) is 73.7 cm³/mol. The van der Waals surface area contributed by atoms with Crippen molar-refractivity contribution in [3.63, 3.8) is 0 Å². The number of aromatic amines is 1. The van der Waals surface area contributed by atoms with Gasteiger partial charge in [-0.3, -0.25) is 5.10 Å². The minimum atomic E-state index is -0.219. The van der Waals surface area contributed by atoms with E-state index in [4.69, 9.17) is 0 Å². The molecule has 0 spiro atoms. The lowest BCUT2D eigenvalue weighted by molar-refractivity contribution is 0.628. The standard InChI is InChI=1S/C14H17FN4/c15-12-4-2-11(3-5-12)14-13(10-17-18-14)19-8-1-6-16-7-9-19/h2-5,10,16H,1,6-9H2,(H,17,18). The van der Waals surface area contributed by atoms with E-state index in [1.165, 1.54) is 12.1 Å². The van der Waals surface area contributed by atoms with Crippen LogP contribution in [-0.2, 0) is 0 Å². The van der Waals surface area contributed by atoms with Gasteiger partial charge in [0.2, 0.25) is 0 Å². The first-order valence-corrected chi connectivity index (χ1v) is 6.59. The lowest BCUT2D eigenvalue weighted by atomic mass is 10.1. The van der Waals surface area contributed by atoms with Crippen LogP contribution < -0.4 is 10.2 Å². The van der Waals surface area contributed by atoms with Gasteiger partial charge in [0.25, 0.3) is 0 Å². The Morgan fingerprint density at radius 3 is 2.79 bits per heavy atom. The molecule has 0 bridgehead atoms. The van der Waals surface area contributed by atoms with Gasteiger partial charge in [-0.05, 0) is 37.2 Å². The number of aromatic nitrogens is 2. The van der Waals surface area contributed by atoms with E-state index in [-0.39, 0.29) is 5.82 Å². The Hall–Kier alpha value is -1.88. The van der Waals surface area contributed by atoms with Crippen LogP contribution in [0.5, 0.6) is 0 Å². The van der Waals surface area contributed by atoms with Crippen LogP contribution in [0.4, 0.5) is 10.1 Å². The first-order valence-electron chi connectivity index (χ1n) is 6.59. The van der Waals surface area contributed by atoms with E-state index in [0.717, 1.165) is 49.5 Å². The maximum atomic E-state index is 13.0. The summed E-state index contributed by atoms with van der Waals surface area (Å²) in [5.74, 6) is -0.219. The van der Waals surface area contributed by atoms with Crippen LogP contribution in [0.3, 0.4) is 0 Å². The summed E-state index contributed by atoms with van der Waals surface area (Å²) in [6.07, 6.45) is 2.97. The normalized spacial score (nSPS) is 16.4. The first-order chi connectivity index (χ1) is 9.34. The third kappa shape index (κ3) is 2.61. The van der Waals surface area contributed by atoms with Gasteiger partial charge in [-0.15, -0.1) is 0 Å². The van der Waals surface area contributed by atoms with Crippen molar-refractivity contribution in [1.82, 2.24) is 15.5 Å². The molecule has 0 saturated carbocycles. The molecule has 1 saturated heterocycles. The SMILES string of the molecule is Fc1ccc(-c2[nH]ncc2N2CCCNCC2)cc1. The average Bonchev–Trinajstić information content (AvgIpc) is 2.75. The summed E-state index contributed by atoms with van der Waals surface area (Å²) in [4.78, 5) is 2.32. The molecule has 100 valence electrons. The van der Waals surface area contributed by atoms with Gasteiger partial charge < -0.3 is 10.2 Å². The van der Waals surface area contributed by atoms with Crippen molar-refractivity contribution in [1.29, 1.82) is 0 Å². The summed E-state index contributed by atoms with van der Waals surface area (Å²) in [5.41, 5.74) is 3.02. The molecule has 1 aliphatic heterocycles. The molecule has 0 aliphatic carbocycles. The highest BCUT2D eigenvalue weighted by atomic mass is 19.1. The molecule has 1 fully saturated rings. The topological polar surface area (TPSA) is 44.0 Å². The zero-order valence-electron chi connectivity index (χ0n) is 10.7. The number of H-pyrrole nitrogens is 1. The fourth-order valence-corrected chi connectivity index (χ4v) is 2.44. The molecule has 19 heavy (non-hydrogen) atoms. The van der Waals surface area contributed by atoms with Crippen molar-refractivity contribution in [2.45, 2.75) is 6.42 Å². The number of rotatable bonds is 2. The largest absolute Gasteiger partial charge is 0.367 e. The van der Waals surface area contributed by atoms with Crippen LogP contribution in [-0.4, -0.2) is 36.4 Å². The fraction of sp³-hybridized carbons (Fsp3) is 0.357. The van der Waals surface area contributed by atoms with Gasteiger partial charge in [0.1, 0.15) is 5.82 Å². The van der Waals surface area contributed by atoms with Gasteiger partial charge in [0, 0.05) is 25.2 Å². The molecule has 0 unspecified atom stereocenters. The summed E-state index contributed by atoms with van der Waals surface area (Å²) >= 11 is 0. The van der Waals surface area contributed by atoms with Crippen molar-refractivity contribution in [2.24, 2.45) is 0 Å². The quantitative estimate of drug-likeness (QED) is 0.868. The predicted octanol–water partition coefficient (Wildman–Crippen LogP) is 2.02. The minimum absolute atomic E-state index is 0.219. The molecule has 5 heteroatoms. The maximum Gasteiger partial charge on any atom is 0.123 e. The lowest BCUT2D eigenvalue weighted by Gasteiger charge is -2.21. The van der Waals surface area contributed by atoms with E-state index in [1.54, 1.807) is 12.1 Å². The van der Waals surface area contributed by atoms with Crippen LogP contribution >= 0.6 is 0 Å². The second-order valence-electron chi connectivity index (χ2n) is 4.73. The van der Waals surface area contributed by atoms with Gasteiger partial charge >= 0.3 is 0 Å². The molecular formula is C14H17FN4. The number of anilines is 1. The van der Waals surface area contributed by atoms with Gasteiger partial charge in [0.15, 0.2) is 0 Å². The highest BCUT2D eigenvalue weighted by molar-refractivity contribution is 5.74. The van der Waals surface area contributed by atoms with E-state index < -0.39 is 0 Å². The van der Waals surface area contributed by atoms with E-state index in [2.05, 4.69) is 20.4 Å². The van der Waals surface area contributed by atoms with Gasteiger partial charge in [-0.1, -0.05) is 0 Å². The van der Waals surface area contributed by atoms with E-state index in [9.17, 15) is 4.39 Å². The number of halogens is 1. The third-order valence-corrected chi connectivity index (χ3v) is 3.43. The monoisotopic (exact) mass is 260 g/mol. The zero-order chi connectivity index (χ0) is 13.1. The molecule has 1 aromatic heterocycles. The summed E-state index contributed by atoms with van der Waals surface area (Å²) in [5, 5.41) is 10.6. The van der Waals surface area contributed by atoms with Gasteiger partial charge in [-0.25, -0.2) is 4.39 Å². The Morgan fingerprint density at radius 2 is 1.95 bits per heavy atom. The first kappa shape index (κ1) is 12.2. The average molecular weight is 260 g/mol. The Kier molecular flexibility index (Phi) is 3.46. The van der Waals surface area contributed by atoms with Gasteiger partial charge in [-0.2, -0.15) is 5.10 Å². The Morgan fingerprint density at radius 1 is 1.11 bits per heavy atom. The van der Waals surface area contributed by atoms with Gasteiger partial charge in [0.05, 0.1) is 17.6 Å². The lowest BCUT2D eigenvalue weighted by Crippen LogP contribution is -2.27. The molecule has 1 aliphatic rings. The van der Waals surface area contributed by atoms with Crippen molar-refractivity contribution < 1.29 is 4.39 Å². The van der Waals surface area contributed by atoms with Crippen molar-refractivity contribution in [2.75, 3.05) is 31.1 Å². The number of nitrogens with one attached hydrogen (secondary N) is 2. The molecule has 2 N–H and O–H groups in total. The van der Waals surface area contributed by atoms with Crippen molar-refractivity contribution in [3.05, 3.63) is 36.3 Å². The molecule has 0 atom stereocenters. The second kappa shape index (κ2) is 5.40. The Balaban J connectivity index is 1.90. The van der Waals surface area contributed by atoms with Crippen LogP contribution in [0.25, 0.3) is 11.3 Å². The van der Waals surface area contributed by atoms with Crippen LogP contribution in [0, 0.1) is 5.82 Å². The van der Waals surface area contributed by atoms with E-state index in [1.807, 2.05) is 6.20 Å². The Bertz CT molecular complexity index is 527. The maximum absolute atomic E-state index is 13.0. The summed E-state index contributed by atoms with van der Waals surface area (Å²) in [6.45, 7) is 4.02. The molecule has 0 radical (unpaired) electrons. The highest BCUT2D eigenvalue weighted by Gasteiger charge is 2.16. The van der Waals surface area contributed by atoms with E-state index >= 15 is 0 Å². The van der Waals surface area contributed by atoms with E-state index in [0.29, 0.717) is 0 Å². The second-order valence-corrected chi connectivity index (χ2v) is 4.73. The molecular weight excluding hydrogens is 243 g/mol. The summed E-state index contributed by atoms with van der Waals surface area (Å²) < 4.78 is 13.0. The van der Waals surface area contributed by atoms with Crippen LogP contribution in [0.15, 0.2) is 30.5 Å². The smallest absolute Gasteiger partial charge is 0.123 e.